The van der Waals surface area contributed by atoms with Gasteiger partial charge in [0.15, 0.2) is 0 Å². The monoisotopic (exact) mass is 395 g/mol. The number of unbranched alkanes of at least 4 members (excludes halogenated alkanes) is 1. The Morgan fingerprint density at radius 3 is 2.55 bits per heavy atom. The lowest BCUT2D eigenvalue weighted by molar-refractivity contribution is -0.180. The van der Waals surface area contributed by atoms with Crippen LogP contribution in [0.3, 0.4) is 0 Å². The Labute approximate surface area is 172 Å². The molecule has 4 rings (SSSR count). The molecule has 2 aliphatic rings. The largest absolute Gasteiger partial charge is 0.494 e. The van der Waals surface area contributed by atoms with E-state index in [1.165, 1.54) is 11.1 Å². The lowest BCUT2D eigenvalue weighted by Crippen LogP contribution is -2.41. The molecule has 2 aromatic rings. The molecule has 1 fully saturated rings. The van der Waals surface area contributed by atoms with E-state index in [1.807, 2.05) is 30.3 Å². The summed E-state index contributed by atoms with van der Waals surface area (Å²) in [7, 11) is 0. The van der Waals surface area contributed by atoms with Gasteiger partial charge in [0.25, 0.3) is 11.7 Å². The van der Waals surface area contributed by atoms with Crippen molar-refractivity contribution in [1.82, 2.24) is 0 Å². The van der Waals surface area contributed by atoms with E-state index in [0.29, 0.717) is 26.4 Å². The van der Waals surface area contributed by atoms with E-state index in [-0.39, 0.29) is 5.91 Å². The Morgan fingerprint density at radius 1 is 1.07 bits per heavy atom. The molecule has 1 spiro atoms. The second-order valence-corrected chi connectivity index (χ2v) is 7.74. The SMILES string of the molecule is CCCCc1ccc2c(c1)C1(OCCO1)C(=O)N2CCCOc1ccc(C)cc1. The standard InChI is InChI=1S/C24H29NO4/c1-3-4-6-19-9-12-22-21(17-19)24(28-15-16-29-24)23(26)25(22)13-5-14-27-20-10-7-18(2)8-11-20/h7-12,17H,3-6,13-16H2,1-2H3. The molecule has 0 radical (unpaired) electrons. The van der Waals surface area contributed by atoms with Crippen molar-refractivity contribution in [2.75, 3.05) is 31.3 Å². The van der Waals surface area contributed by atoms with Gasteiger partial charge >= 0.3 is 0 Å². The van der Waals surface area contributed by atoms with Crippen molar-refractivity contribution in [2.24, 2.45) is 0 Å². The number of anilines is 1. The first-order valence-corrected chi connectivity index (χ1v) is 10.6. The van der Waals surface area contributed by atoms with Gasteiger partial charge in [-0.25, -0.2) is 0 Å². The average molecular weight is 395 g/mol. The fourth-order valence-corrected chi connectivity index (χ4v) is 3.98. The Hall–Kier alpha value is -2.37. The predicted octanol–water partition coefficient (Wildman–Crippen LogP) is 4.35. The lowest BCUT2D eigenvalue weighted by atomic mass is 10.0. The summed E-state index contributed by atoms with van der Waals surface area (Å²) >= 11 is 0. The van der Waals surface area contributed by atoms with Crippen LogP contribution in [-0.2, 0) is 26.5 Å². The van der Waals surface area contributed by atoms with Crippen LogP contribution in [0.5, 0.6) is 5.75 Å². The Kier molecular flexibility index (Phi) is 5.88. The van der Waals surface area contributed by atoms with Gasteiger partial charge in [0.05, 0.1) is 25.5 Å². The smallest absolute Gasteiger partial charge is 0.292 e. The average Bonchev–Trinajstić information content (AvgIpc) is 3.31. The number of carbonyl (C=O) groups is 1. The molecule has 2 heterocycles. The van der Waals surface area contributed by atoms with Gasteiger partial charge in [-0.15, -0.1) is 0 Å². The molecule has 5 nitrogen and oxygen atoms in total. The highest BCUT2D eigenvalue weighted by molar-refractivity contribution is 6.06. The summed E-state index contributed by atoms with van der Waals surface area (Å²) in [6, 6.07) is 14.3. The minimum Gasteiger partial charge on any atom is -0.494 e. The fourth-order valence-electron chi connectivity index (χ4n) is 3.98. The van der Waals surface area contributed by atoms with Crippen LogP contribution < -0.4 is 9.64 Å². The molecular formula is C24H29NO4. The summed E-state index contributed by atoms with van der Waals surface area (Å²) in [6.07, 6.45) is 3.99. The van der Waals surface area contributed by atoms with Crippen LogP contribution in [0.4, 0.5) is 5.69 Å². The third kappa shape index (κ3) is 3.89. The van der Waals surface area contributed by atoms with Crippen LogP contribution in [-0.4, -0.2) is 32.3 Å². The Bertz CT molecular complexity index is 856. The molecule has 1 amide bonds. The van der Waals surface area contributed by atoms with E-state index in [1.54, 1.807) is 4.90 Å². The summed E-state index contributed by atoms with van der Waals surface area (Å²) in [5.41, 5.74) is 4.18. The normalized spacial score (nSPS) is 17.2. The lowest BCUT2D eigenvalue weighted by Gasteiger charge is -2.22. The number of hydrogen-bond acceptors (Lipinski definition) is 4. The van der Waals surface area contributed by atoms with Crippen molar-refractivity contribution in [3.63, 3.8) is 0 Å². The zero-order chi connectivity index (χ0) is 20.3. The maximum absolute atomic E-state index is 13.2. The fraction of sp³-hybridized carbons (Fsp3) is 0.458. The number of nitrogens with zero attached hydrogens (tertiary/aromatic N) is 1. The van der Waals surface area contributed by atoms with Crippen LogP contribution in [0.1, 0.15) is 42.9 Å². The summed E-state index contributed by atoms with van der Waals surface area (Å²) in [5, 5.41) is 0. The van der Waals surface area contributed by atoms with Crippen molar-refractivity contribution < 1.29 is 19.0 Å². The third-order valence-corrected chi connectivity index (χ3v) is 5.56. The summed E-state index contributed by atoms with van der Waals surface area (Å²) in [5.74, 6) is -0.522. The quantitative estimate of drug-likeness (QED) is 0.624. The van der Waals surface area contributed by atoms with Crippen LogP contribution in [0.15, 0.2) is 42.5 Å². The molecule has 154 valence electrons. The van der Waals surface area contributed by atoms with Gasteiger partial charge in [-0.1, -0.05) is 37.1 Å². The number of carbonyl (C=O) groups excluding carboxylic acids is 1. The summed E-state index contributed by atoms with van der Waals surface area (Å²) < 4.78 is 17.6. The van der Waals surface area contributed by atoms with Gasteiger partial charge in [-0.05, 0) is 56.0 Å². The van der Waals surface area contributed by atoms with Crippen molar-refractivity contribution in [2.45, 2.75) is 45.3 Å². The first-order chi connectivity index (χ1) is 14.1. The number of benzene rings is 2. The first-order valence-electron chi connectivity index (χ1n) is 10.6. The van der Waals surface area contributed by atoms with Gasteiger partial charge in [0, 0.05) is 12.1 Å². The highest BCUT2D eigenvalue weighted by Gasteiger charge is 2.55. The van der Waals surface area contributed by atoms with Gasteiger partial charge < -0.3 is 19.1 Å². The molecule has 29 heavy (non-hydrogen) atoms. The van der Waals surface area contributed by atoms with E-state index in [9.17, 15) is 4.79 Å². The topological polar surface area (TPSA) is 48.0 Å². The molecule has 2 aromatic carbocycles. The Balaban J connectivity index is 1.46. The molecule has 0 aromatic heterocycles. The van der Waals surface area contributed by atoms with Crippen molar-refractivity contribution >= 4 is 11.6 Å². The third-order valence-electron chi connectivity index (χ3n) is 5.56. The van der Waals surface area contributed by atoms with Gasteiger partial charge in [0.2, 0.25) is 0 Å². The van der Waals surface area contributed by atoms with Crippen LogP contribution in [0.2, 0.25) is 0 Å². The zero-order valence-electron chi connectivity index (χ0n) is 17.3. The predicted molar refractivity (Wildman–Crippen MR) is 112 cm³/mol. The molecule has 1 saturated heterocycles. The highest BCUT2D eigenvalue weighted by Crippen LogP contribution is 2.46. The zero-order valence-corrected chi connectivity index (χ0v) is 17.3. The molecule has 0 aliphatic carbocycles. The van der Waals surface area contributed by atoms with Gasteiger partial charge in [-0.2, -0.15) is 0 Å². The van der Waals surface area contributed by atoms with Crippen LogP contribution in [0.25, 0.3) is 0 Å². The van der Waals surface area contributed by atoms with Crippen molar-refractivity contribution in [3.05, 3.63) is 59.2 Å². The molecule has 0 saturated carbocycles. The number of hydrogen-bond donors (Lipinski definition) is 0. The molecule has 0 unspecified atom stereocenters. The van der Waals surface area contributed by atoms with E-state index in [0.717, 1.165) is 42.7 Å². The van der Waals surface area contributed by atoms with Crippen molar-refractivity contribution in [1.29, 1.82) is 0 Å². The minimum absolute atomic E-state index is 0.118. The van der Waals surface area contributed by atoms with Crippen LogP contribution in [0, 0.1) is 6.92 Å². The van der Waals surface area contributed by atoms with E-state index in [2.05, 4.69) is 26.0 Å². The number of aryl methyl sites for hydroxylation is 2. The summed E-state index contributed by atoms with van der Waals surface area (Å²) in [4.78, 5) is 15.0. The molecule has 0 N–H and O–H groups in total. The maximum Gasteiger partial charge on any atom is 0.292 e. The number of rotatable bonds is 8. The minimum atomic E-state index is -1.25. The van der Waals surface area contributed by atoms with Crippen molar-refractivity contribution in [3.8, 4) is 5.75 Å². The molecule has 0 bridgehead atoms. The molecular weight excluding hydrogens is 366 g/mol. The molecule has 5 heteroatoms. The van der Waals surface area contributed by atoms with E-state index >= 15 is 0 Å². The number of amides is 1. The number of fused-ring (bicyclic) bond motifs is 2. The second kappa shape index (κ2) is 8.56. The van der Waals surface area contributed by atoms with Crippen LogP contribution >= 0.6 is 0 Å². The van der Waals surface area contributed by atoms with Gasteiger partial charge in [0.1, 0.15) is 5.75 Å². The second-order valence-electron chi connectivity index (χ2n) is 7.74. The number of ether oxygens (including phenoxy) is 3. The van der Waals surface area contributed by atoms with E-state index < -0.39 is 5.79 Å². The summed E-state index contributed by atoms with van der Waals surface area (Å²) in [6.45, 7) is 6.23. The van der Waals surface area contributed by atoms with E-state index in [4.69, 9.17) is 14.2 Å². The Morgan fingerprint density at radius 2 is 1.83 bits per heavy atom. The molecule has 0 atom stereocenters. The van der Waals surface area contributed by atoms with Gasteiger partial charge in [-0.3, -0.25) is 4.79 Å². The molecule has 2 aliphatic heterocycles. The highest BCUT2D eigenvalue weighted by atomic mass is 16.7. The maximum atomic E-state index is 13.2. The first kappa shape index (κ1) is 19.9.